The van der Waals surface area contributed by atoms with Gasteiger partial charge in [-0.1, -0.05) is 231 Å². The summed E-state index contributed by atoms with van der Waals surface area (Å²) in [6.45, 7) is 36.4. The van der Waals surface area contributed by atoms with Crippen molar-refractivity contribution < 1.29 is 47.7 Å². The number of hydrogen-bond donors (Lipinski definition) is 2. The van der Waals surface area contributed by atoms with Crippen LogP contribution in [0.25, 0.3) is 0 Å². The monoisotopic (exact) mass is 1230 g/mol. The molecule has 2 N–H and O–H groups in total. The molecule has 6 aliphatic rings. The van der Waals surface area contributed by atoms with Crippen molar-refractivity contribution in [3.8, 4) is 0 Å². The molecule has 478 valence electrons. The first-order valence-corrected chi connectivity index (χ1v) is 37.1. The lowest BCUT2D eigenvalue weighted by molar-refractivity contribution is -0.213. The maximum absolute atomic E-state index is 14.1. The highest BCUT2D eigenvalue weighted by Crippen LogP contribution is 2.70. The van der Waals surface area contributed by atoms with Crippen molar-refractivity contribution in [3.63, 3.8) is 0 Å². The van der Waals surface area contributed by atoms with Crippen LogP contribution in [0.5, 0.6) is 0 Å². The Kier molecular flexibility index (Phi) is 19.2. The van der Waals surface area contributed by atoms with Crippen molar-refractivity contribution in [2.75, 3.05) is 13.2 Å². The average Bonchev–Trinajstić information content (AvgIpc) is 1.40. The molecule has 10 rings (SSSR count). The van der Waals surface area contributed by atoms with Gasteiger partial charge in [-0.3, -0.25) is 9.59 Å². The van der Waals surface area contributed by atoms with E-state index >= 15 is 0 Å². The number of esters is 2. The molecule has 0 radical (unpaired) electrons. The molecular weight excluding hydrogens is 1130 g/mol. The molecule has 16 atom stereocenters. The summed E-state index contributed by atoms with van der Waals surface area (Å²) in [5, 5.41) is 27.7. The summed E-state index contributed by atoms with van der Waals surface area (Å²) >= 11 is 0. The van der Waals surface area contributed by atoms with E-state index in [9.17, 15) is 29.4 Å². The smallest absolute Gasteiger partial charge is 0.331 e. The fourth-order valence-corrected chi connectivity index (χ4v) is 28.4. The van der Waals surface area contributed by atoms with Gasteiger partial charge in [0.05, 0.1) is 12.2 Å². The lowest BCUT2D eigenvalue weighted by atomic mass is 9.43. The van der Waals surface area contributed by atoms with Crippen LogP contribution in [0, 0.1) is 68.0 Å². The highest BCUT2D eigenvalue weighted by molar-refractivity contribution is 7.00. The first-order chi connectivity index (χ1) is 41.3. The van der Waals surface area contributed by atoms with E-state index in [2.05, 4.69) is 152 Å². The third-order valence-corrected chi connectivity index (χ3v) is 35.2. The van der Waals surface area contributed by atoms with Crippen LogP contribution in [-0.2, 0) is 37.5 Å². The maximum atomic E-state index is 14.1. The molecule has 0 heterocycles. The summed E-state index contributed by atoms with van der Waals surface area (Å²) in [6, 6.07) is 41.2. The summed E-state index contributed by atoms with van der Waals surface area (Å²) in [5.41, 5.74) is -2.75. The number of aliphatic hydroxyl groups excluding tert-OH is 2. The van der Waals surface area contributed by atoms with Crippen LogP contribution >= 0.6 is 0 Å². The molecule has 6 aliphatic carbocycles. The highest BCUT2D eigenvalue weighted by Gasteiger charge is 2.70. The summed E-state index contributed by atoms with van der Waals surface area (Å²) in [5.74, 6) is -0.431. The molecule has 0 aliphatic heterocycles. The molecule has 0 aromatic heterocycles. The number of rotatable bonds is 14. The lowest BCUT2D eigenvalue weighted by Gasteiger charge is -2.62. The molecule has 0 spiro atoms. The number of ether oxygens (including phenoxy) is 2. The Labute approximate surface area is 530 Å². The zero-order chi connectivity index (χ0) is 64.3. The van der Waals surface area contributed by atoms with E-state index in [-0.39, 0.29) is 87.2 Å². The minimum Gasteiger partial charge on any atom is -0.460 e. The van der Waals surface area contributed by atoms with E-state index in [1.54, 1.807) is 0 Å². The summed E-state index contributed by atoms with van der Waals surface area (Å²) in [6.07, 6.45) is 7.63. The maximum Gasteiger partial charge on any atom is 0.331 e. The van der Waals surface area contributed by atoms with Gasteiger partial charge >= 0.3 is 11.9 Å². The molecule has 4 aromatic carbocycles. The summed E-state index contributed by atoms with van der Waals surface area (Å²) in [4.78, 5) is 55.7. The van der Waals surface area contributed by atoms with Crippen molar-refractivity contribution in [1.82, 2.24) is 0 Å². The number of aliphatic hydroxyl groups is 2. The van der Waals surface area contributed by atoms with E-state index in [1.165, 1.54) is 0 Å². The minimum absolute atomic E-state index is 0.00542. The molecule has 10 nitrogen and oxygen atoms in total. The van der Waals surface area contributed by atoms with Crippen molar-refractivity contribution in [2.45, 2.75) is 209 Å². The van der Waals surface area contributed by atoms with Gasteiger partial charge in [0.25, 0.3) is 16.6 Å². The van der Waals surface area contributed by atoms with Gasteiger partial charge in [0.15, 0.2) is 0 Å². The number of benzene rings is 4. The Morgan fingerprint density at radius 1 is 0.545 bits per heavy atom. The number of hydrogen-bond acceptors (Lipinski definition) is 10. The van der Waals surface area contributed by atoms with Gasteiger partial charge in [0, 0.05) is 40.9 Å². The topological polar surface area (TPSA) is 146 Å². The van der Waals surface area contributed by atoms with Gasteiger partial charge in [0.2, 0.25) is 0 Å². The van der Waals surface area contributed by atoms with Crippen molar-refractivity contribution >= 4 is 60.9 Å². The predicted octanol–water partition coefficient (Wildman–Crippen LogP) is 13.2. The second kappa shape index (κ2) is 25.0. The molecule has 88 heavy (non-hydrogen) atoms. The molecule has 4 aromatic rings. The molecule has 2 unspecified atom stereocenters. The Hall–Kier alpha value is -4.83. The van der Waals surface area contributed by atoms with Crippen molar-refractivity contribution in [3.05, 3.63) is 134 Å². The normalized spacial score (nSPS) is 35.8. The van der Waals surface area contributed by atoms with Gasteiger partial charge in [-0.25, -0.2) is 9.59 Å². The third kappa shape index (κ3) is 11.1. The first kappa shape index (κ1) is 67.6. The highest BCUT2D eigenvalue weighted by atomic mass is 28.4. The zero-order valence-electron chi connectivity index (χ0n) is 56.0. The quantitative estimate of drug-likeness (QED) is 0.0711. The Bertz CT molecular complexity index is 3050. The number of carbonyl (C=O) groups is 4. The molecule has 6 saturated carbocycles. The fraction of sp³-hybridized carbons (Fsp3) is 0.605. The Morgan fingerprint density at radius 3 is 1.19 bits per heavy atom. The van der Waals surface area contributed by atoms with Gasteiger partial charge in [-0.15, -0.1) is 6.58 Å². The van der Waals surface area contributed by atoms with Crippen LogP contribution in [0.2, 0.25) is 10.1 Å². The standard InChI is InChI=1S/C38H54O5Si.C38H52O5Si/c2*1-9-36(7)24-31(37(8)26(2)20-22-38(27(3)34(36)41)23-21-30(39)33(37)38)43-32(40)25-42-44(35(4,5)6,28-16-12-10-13-17-28)29-18-14-11-15-19-29/h10-19,26-27,31,33-34,41H,9,20-25H2,1-8H3;9-19,26-27,31,33-34,41H,1,20-25H2,2-8H3/t2*26-,27+,31-,33?,34+,36-,37+,38-/m11/s1. The minimum atomic E-state index is -2.95. The Balaban J connectivity index is 0.000000209. The molecule has 0 saturated heterocycles. The lowest BCUT2D eigenvalue weighted by Crippen LogP contribution is -2.67. The van der Waals surface area contributed by atoms with Crippen LogP contribution in [0.15, 0.2) is 134 Å². The largest absolute Gasteiger partial charge is 0.460 e. The van der Waals surface area contributed by atoms with Crippen LogP contribution in [0.1, 0.15) is 174 Å². The first-order valence-electron chi connectivity index (χ1n) is 33.3. The van der Waals surface area contributed by atoms with E-state index in [0.717, 1.165) is 65.7 Å². The second-order valence-corrected chi connectivity index (χ2v) is 39.9. The number of Topliss-reactive ketones (excluding diaryl/α,β-unsaturated/α-hetero) is 2. The number of carbonyl (C=O) groups excluding carboxylic acids is 4. The summed E-state index contributed by atoms with van der Waals surface area (Å²) < 4.78 is 27.0. The predicted molar refractivity (Wildman–Crippen MR) is 357 cm³/mol. The molecule has 0 amide bonds. The van der Waals surface area contributed by atoms with Gasteiger partial charge in [-0.05, 0) is 129 Å². The average molecular weight is 1240 g/mol. The fourth-order valence-electron chi connectivity index (χ4n) is 19.5. The van der Waals surface area contributed by atoms with Crippen LogP contribution in [0.4, 0.5) is 0 Å². The number of ketones is 2. The van der Waals surface area contributed by atoms with Gasteiger partial charge in [-0.2, -0.15) is 0 Å². The van der Waals surface area contributed by atoms with Crippen LogP contribution in [-0.4, -0.2) is 88.0 Å². The van der Waals surface area contributed by atoms with Crippen LogP contribution in [0.3, 0.4) is 0 Å². The van der Waals surface area contributed by atoms with Crippen molar-refractivity contribution in [2.24, 2.45) is 68.0 Å². The molecule has 4 bridgehead atoms. The zero-order valence-corrected chi connectivity index (χ0v) is 58.0. The van der Waals surface area contributed by atoms with Gasteiger partial charge in [0.1, 0.15) is 37.0 Å². The van der Waals surface area contributed by atoms with E-state index in [4.69, 9.17) is 18.3 Å². The van der Waals surface area contributed by atoms with Crippen LogP contribution < -0.4 is 20.7 Å². The van der Waals surface area contributed by atoms with Gasteiger partial charge < -0.3 is 28.5 Å². The van der Waals surface area contributed by atoms with Crippen molar-refractivity contribution in [1.29, 1.82) is 0 Å². The SMILES string of the molecule is C=C[C@]1(C)C[C@@H](OC(=O)CO[Si](c2ccccc2)(c2ccccc2)C(C)(C)C)[C@@]2(C)C3C(=O)CC[C@]3(CC[C@H]2C)[C@@H](C)[C@@H]1O.CC[C@]1(C)C[C@@H](OC(=O)CO[Si](c2ccccc2)(c2ccccc2)C(C)(C)C)[C@@]2(C)C3C(=O)CC[C@]3(CC[C@H]2C)[C@@H](C)[C@@H]1O. The third-order valence-electron chi connectivity index (χ3n) is 25.2. The van der Waals surface area contributed by atoms with E-state index < -0.39 is 68.7 Å². The van der Waals surface area contributed by atoms with E-state index in [0.29, 0.717) is 25.7 Å². The van der Waals surface area contributed by atoms with E-state index in [1.807, 2.05) is 85.8 Å². The summed E-state index contributed by atoms with van der Waals surface area (Å²) in [7, 11) is -5.89. The molecule has 12 heteroatoms. The second-order valence-electron chi connectivity index (χ2n) is 31.3. The Morgan fingerprint density at radius 2 is 0.875 bits per heavy atom. The molecule has 6 fully saturated rings. The molecular formula is C76H106O10Si2.